The quantitative estimate of drug-likeness (QED) is 0.853. The molecule has 0 spiro atoms. The molecule has 1 aromatic rings. The average Bonchev–Trinajstić information content (AvgIpc) is 2.53. The number of hydrogen-bond acceptors (Lipinski definition) is 6. The van der Waals surface area contributed by atoms with E-state index < -0.39 is 6.03 Å². The molecule has 2 heterocycles. The molecule has 2 aliphatic rings. The topological polar surface area (TPSA) is 89.1 Å². The molecule has 3 rings (SSSR count). The molecular formula is C17H23N3O5. The van der Waals surface area contributed by atoms with Gasteiger partial charge < -0.3 is 19.5 Å². The summed E-state index contributed by atoms with van der Waals surface area (Å²) in [6.45, 7) is 6.41. The van der Waals surface area contributed by atoms with Crippen molar-refractivity contribution in [3.63, 3.8) is 0 Å². The Bertz CT molecular complexity index is 641. The van der Waals surface area contributed by atoms with Crippen molar-refractivity contribution in [2.75, 3.05) is 38.2 Å². The van der Waals surface area contributed by atoms with Gasteiger partial charge in [-0.1, -0.05) is 0 Å². The number of urea groups is 1. The van der Waals surface area contributed by atoms with Gasteiger partial charge >= 0.3 is 6.03 Å². The molecule has 1 aromatic carbocycles. The second kappa shape index (κ2) is 7.71. The zero-order chi connectivity index (χ0) is 17.8. The van der Waals surface area contributed by atoms with E-state index in [-0.39, 0.29) is 24.7 Å². The third-order valence-corrected chi connectivity index (χ3v) is 3.92. The van der Waals surface area contributed by atoms with Gasteiger partial charge in [0.05, 0.1) is 18.8 Å². The van der Waals surface area contributed by atoms with E-state index in [4.69, 9.17) is 14.2 Å². The molecular weight excluding hydrogens is 326 g/mol. The van der Waals surface area contributed by atoms with Gasteiger partial charge in [0, 0.05) is 24.8 Å². The van der Waals surface area contributed by atoms with Crippen molar-refractivity contribution in [3.05, 3.63) is 18.2 Å². The highest BCUT2D eigenvalue weighted by atomic mass is 16.6. The number of carbonyl (C=O) groups is 2. The first-order valence-corrected chi connectivity index (χ1v) is 8.38. The minimum absolute atomic E-state index is 0.0723. The number of hydrogen-bond donors (Lipinski definition) is 2. The Kier molecular flexibility index (Phi) is 5.40. The Morgan fingerprint density at radius 3 is 2.52 bits per heavy atom. The molecule has 0 aromatic heterocycles. The SMILES string of the molecule is C[C@@H]1CN(CC(=O)NC(=O)Nc2ccc3c(c2)OCCO3)C[C@H](C)O1. The van der Waals surface area contributed by atoms with Crippen molar-refractivity contribution >= 4 is 17.6 Å². The second-order valence-corrected chi connectivity index (χ2v) is 6.31. The summed E-state index contributed by atoms with van der Waals surface area (Å²) >= 11 is 0. The number of imide groups is 1. The summed E-state index contributed by atoms with van der Waals surface area (Å²) < 4.78 is 16.5. The van der Waals surface area contributed by atoms with E-state index >= 15 is 0 Å². The fourth-order valence-corrected chi connectivity index (χ4v) is 3.07. The number of nitrogens with one attached hydrogen (secondary N) is 2. The van der Waals surface area contributed by atoms with Crippen molar-refractivity contribution in [1.29, 1.82) is 0 Å². The van der Waals surface area contributed by atoms with Crippen LogP contribution in [0.1, 0.15) is 13.8 Å². The van der Waals surface area contributed by atoms with Crippen LogP contribution in [-0.4, -0.2) is 61.9 Å². The Hall–Kier alpha value is -2.32. The third-order valence-electron chi connectivity index (χ3n) is 3.92. The highest BCUT2D eigenvalue weighted by molar-refractivity contribution is 6.01. The van der Waals surface area contributed by atoms with Gasteiger partial charge in [0.25, 0.3) is 0 Å². The van der Waals surface area contributed by atoms with Gasteiger partial charge in [-0.3, -0.25) is 15.0 Å². The van der Waals surface area contributed by atoms with Gasteiger partial charge in [0.15, 0.2) is 11.5 Å². The molecule has 2 aliphatic heterocycles. The minimum atomic E-state index is -0.573. The van der Waals surface area contributed by atoms with Crippen LogP contribution in [0.3, 0.4) is 0 Å². The standard InChI is InChI=1S/C17H23N3O5/c1-11-8-20(9-12(2)25-11)10-16(21)19-17(22)18-13-3-4-14-15(7-13)24-6-5-23-14/h3-4,7,11-12H,5-6,8-10H2,1-2H3,(H2,18,19,21,22)/t11-,12+. The van der Waals surface area contributed by atoms with Crippen LogP contribution in [0.4, 0.5) is 10.5 Å². The molecule has 0 aliphatic carbocycles. The zero-order valence-corrected chi connectivity index (χ0v) is 14.4. The van der Waals surface area contributed by atoms with Crippen molar-refractivity contribution < 1.29 is 23.8 Å². The van der Waals surface area contributed by atoms with Crippen molar-refractivity contribution in [3.8, 4) is 11.5 Å². The molecule has 0 radical (unpaired) electrons. The van der Waals surface area contributed by atoms with Gasteiger partial charge in [-0.2, -0.15) is 0 Å². The summed E-state index contributed by atoms with van der Waals surface area (Å²) in [5, 5.41) is 4.97. The van der Waals surface area contributed by atoms with Crippen LogP contribution in [0.25, 0.3) is 0 Å². The van der Waals surface area contributed by atoms with Crippen LogP contribution < -0.4 is 20.1 Å². The van der Waals surface area contributed by atoms with Crippen LogP contribution in [0.2, 0.25) is 0 Å². The molecule has 8 nitrogen and oxygen atoms in total. The van der Waals surface area contributed by atoms with E-state index in [2.05, 4.69) is 10.6 Å². The fraction of sp³-hybridized carbons (Fsp3) is 0.529. The molecule has 1 fully saturated rings. The first-order chi connectivity index (χ1) is 12.0. The Balaban J connectivity index is 1.49. The maximum absolute atomic E-state index is 12.1. The Morgan fingerprint density at radius 1 is 1.12 bits per heavy atom. The summed E-state index contributed by atoms with van der Waals surface area (Å²) in [6.07, 6.45) is 0.145. The van der Waals surface area contributed by atoms with Crippen LogP contribution in [0.5, 0.6) is 11.5 Å². The van der Waals surface area contributed by atoms with Crippen LogP contribution in [-0.2, 0) is 9.53 Å². The fourth-order valence-electron chi connectivity index (χ4n) is 3.07. The van der Waals surface area contributed by atoms with Gasteiger partial charge in [-0.15, -0.1) is 0 Å². The minimum Gasteiger partial charge on any atom is -0.486 e. The largest absolute Gasteiger partial charge is 0.486 e. The molecule has 25 heavy (non-hydrogen) atoms. The number of rotatable bonds is 3. The molecule has 1 saturated heterocycles. The number of benzene rings is 1. The lowest BCUT2D eigenvalue weighted by Crippen LogP contribution is -2.50. The molecule has 136 valence electrons. The average molecular weight is 349 g/mol. The van der Waals surface area contributed by atoms with E-state index in [0.717, 1.165) is 0 Å². The summed E-state index contributed by atoms with van der Waals surface area (Å²) in [5.41, 5.74) is 0.531. The lowest BCUT2D eigenvalue weighted by Gasteiger charge is -2.34. The van der Waals surface area contributed by atoms with E-state index in [9.17, 15) is 9.59 Å². The molecule has 0 unspecified atom stereocenters. The normalized spacial score (nSPS) is 23.0. The Morgan fingerprint density at radius 2 is 1.80 bits per heavy atom. The molecule has 3 amide bonds. The first-order valence-electron chi connectivity index (χ1n) is 8.38. The molecule has 8 heteroatoms. The predicted molar refractivity (Wildman–Crippen MR) is 91.0 cm³/mol. The van der Waals surface area contributed by atoms with Crippen molar-refractivity contribution in [1.82, 2.24) is 10.2 Å². The molecule has 0 bridgehead atoms. The highest BCUT2D eigenvalue weighted by Crippen LogP contribution is 2.32. The highest BCUT2D eigenvalue weighted by Gasteiger charge is 2.24. The van der Waals surface area contributed by atoms with Crippen LogP contribution in [0.15, 0.2) is 18.2 Å². The van der Waals surface area contributed by atoms with Crippen LogP contribution in [0, 0.1) is 0 Å². The van der Waals surface area contributed by atoms with Gasteiger partial charge in [0.1, 0.15) is 13.2 Å². The van der Waals surface area contributed by atoms with Crippen molar-refractivity contribution in [2.45, 2.75) is 26.1 Å². The third kappa shape index (κ3) is 4.83. The maximum atomic E-state index is 12.1. The zero-order valence-electron chi connectivity index (χ0n) is 14.4. The Labute approximate surface area is 146 Å². The summed E-state index contributed by atoms with van der Waals surface area (Å²) in [6, 6.07) is 4.52. The number of nitrogens with zero attached hydrogens (tertiary/aromatic N) is 1. The summed E-state index contributed by atoms with van der Waals surface area (Å²) in [5.74, 6) is 0.867. The van der Waals surface area contributed by atoms with Gasteiger partial charge in [0.2, 0.25) is 5.91 Å². The van der Waals surface area contributed by atoms with Crippen LogP contribution >= 0.6 is 0 Å². The number of carbonyl (C=O) groups excluding carboxylic acids is 2. The van der Waals surface area contributed by atoms with Crippen molar-refractivity contribution in [2.24, 2.45) is 0 Å². The van der Waals surface area contributed by atoms with Gasteiger partial charge in [-0.25, -0.2) is 4.79 Å². The summed E-state index contributed by atoms with van der Waals surface area (Å²) in [4.78, 5) is 26.0. The summed E-state index contributed by atoms with van der Waals surface area (Å²) in [7, 11) is 0. The van der Waals surface area contributed by atoms with E-state index in [1.807, 2.05) is 18.7 Å². The number of anilines is 1. The number of ether oxygens (including phenoxy) is 3. The predicted octanol–water partition coefficient (Wildman–Crippen LogP) is 1.22. The number of amides is 3. The van der Waals surface area contributed by atoms with E-state index in [1.165, 1.54) is 0 Å². The molecule has 2 N–H and O–H groups in total. The molecule has 0 saturated carbocycles. The monoisotopic (exact) mass is 349 g/mol. The number of morpholine rings is 1. The lowest BCUT2D eigenvalue weighted by molar-refractivity contribution is -0.124. The van der Waals surface area contributed by atoms with E-state index in [0.29, 0.717) is 43.5 Å². The molecule has 2 atom stereocenters. The lowest BCUT2D eigenvalue weighted by atomic mass is 10.2. The van der Waals surface area contributed by atoms with E-state index in [1.54, 1.807) is 18.2 Å². The second-order valence-electron chi connectivity index (χ2n) is 6.31. The maximum Gasteiger partial charge on any atom is 0.325 e. The first kappa shape index (κ1) is 17.5. The van der Waals surface area contributed by atoms with Gasteiger partial charge in [-0.05, 0) is 26.0 Å². The smallest absolute Gasteiger partial charge is 0.325 e. The number of fused-ring (bicyclic) bond motifs is 1.